The summed E-state index contributed by atoms with van der Waals surface area (Å²) < 4.78 is 13.0. The number of carbonyl (C=O) groups excluding carboxylic acids is 1. The number of hydrogen-bond donors (Lipinski definition) is 2. The minimum absolute atomic E-state index is 0.0704. The third-order valence-corrected chi connectivity index (χ3v) is 5.25. The van der Waals surface area contributed by atoms with Crippen LogP contribution >= 0.6 is 11.3 Å². The van der Waals surface area contributed by atoms with Crippen molar-refractivity contribution in [2.24, 2.45) is 5.92 Å². The fourth-order valence-electron chi connectivity index (χ4n) is 2.74. The Labute approximate surface area is 139 Å². The number of thiazole rings is 1. The number of piperidine rings is 1. The van der Waals surface area contributed by atoms with E-state index >= 15 is 0 Å². The van der Waals surface area contributed by atoms with Gasteiger partial charge in [-0.3, -0.25) is 4.79 Å². The molecule has 4 nitrogen and oxygen atoms in total. The molecule has 2 aromatic rings. The summed E-state index contributed by atoms with van der Waals surface area (Å²) in [5.74, 6) is 0.150. The summed E-state index contributed by atoms with van der Waals surface area (Å²) in [6.45, 7) is 4.55. The topological polar surface area (TPSA) is 54.0 Å². The van der Waals surface area contributed by atoms with Gasteiger partial charge >= 0.3 is 0 Å². The second kappa shape index (κ2) is 7.19. The fourth-order valence-corrected chi connectivity index (χ4v) is 3.73. The molecule has 6 heteroatoms. The smallest absolute Gasteiger partial charge is 0.263 e. The second-order valence-electron chi connectivity index (χ2n) is 5.86. The standard InChI is InChI=1S/C17H20FN3OS/c1-11-15(16(22)20-10-12-3-2-8-19-9-12)23-17(21-11)13-4-6-14(18)7-5-13/h4-7,12,19H,2-3,8-10H2,1H3,(H,20,22). The van der Waals surface area contributed by atoms with Crippen LogP contribution in [0.25, 0.3) is 10.6 Å². The molecule has 2 heterocycles. The highest BCUT2D eigenvalue weighted by molar-refractivity contribution is 7.17. The van der Waals surface area contributed by atoms with Crippen LogP contribution < -0.4 is 10.6 Å². The summed E-state index contributed by atoms with van der Waals surface area (Å²) in [5.41, 5.74) is 1.55. The van der Waals surface area contributed by atoms with E-state index in [1.807, 2.05) is 6.92 Å². The molecule has 23 heavy (non-hydrogen) atoms. The number of aromatic nitrogens is 1. The highest BCUT2D eigenvalue weighted by Crippen LogP contribution is 2.28. The fraction of sp³-hybridized carbons (Fsp3) is 0.412. The lowest BCUT2D eigenvalue weighted by Crippen LogP contribution is -2.38. The molecular formula is C17H20FN3OS. The van der Waals surface area contributed by atoms with Crippen LogP contribution in [-0.2, 0) is 0 Å². The van der Waals surface area contributed by atoms with Gasteiger partial charge in [0.2, 0.25) is 0 Å². The average Bonchev–Trinajstić information content (AvgIpc) is 2.96. The average molecular weight is 333 g/mol. The number of nitrogens with zero attached hydrogens (tertiary/aromatic N) is 1. The molecular weight excluding hydrogens is 313 g/mol. The summed E-state index contributed by atoms with van der Waals surface area (Å²) in [5, 5.41) is 7.11. The molecule has 1 amide bonds. The number of carbonyl (C=O) groups is 1. The van der Waals surface area contributed by atoms with Gasteiger partial charge < -0.3 is 10.6 Å². The molecule has 1 aromatic carbocycles. The lowest BCUT2D eigenvalue weighted by atomic mass is 10.00. The van der Waals surface area contributed by atoms with Gasteiger partial charge in [0.05, 0.1) is 5.69 Å². The largest absolute Gasteiger partial charge is 0.351 e. The molecule has 122 valence electrons. The number of halogens is 1. The molecule has 0 bridgehead atoms. The maximum atomic E-state index is 13.0. The highest BCUT2D eigenvalue weighted by Gasteiger charge is 2.18. The Morgan fingerprint density at radius 1 is 1.43 bits per heavy atom. The third kappa shape index (κ3) is 3.95. The Bertz CT molecular complexity index is 678. The van der Waals surface area contributed by atoms with Crippen molar-refractivity contribution in [1.29, 1.82) is 0 Å². The predicted octanol–water partition coefficient (Wildman–Crippen LogP) is 2.99. The Hall–Kier alpha value is -1.79. The Kier molecular flexibility index (Phi) is 5.03. The molecule has 0 radical (unpaired) electrons. The van der Waals surface area contributed by atoms with E-state index in [0.717, 1.165) is 36.5 Å². The van der Waals surface area contributed by atoms with Crippen LogP contribution in [0.4, 0.5) is 4.39 Å². The zero-order valence-electron chi connectivity index (χ0n) is 13.1. The molecule has 0 saturated carbocycles. The molecule has 0 aliphatic carbocycles. The summed E-state index contributed by atoms with van der Waals surface area (Å²) in [7, 11) is 0. The maximum absolute atomic E-state index is 13.0. The molecule has 1 aliphatic heterocycles. The van der Waals surface area contributed by atoms with Crippen LogP contribution in [0.1, 0.15) is 28.2 Å². The van der Waals surface area contributed by atoms with E-state index in [1.54, 1.807) is 12.1 Å². The van der Waals surface area contributed by atoms with E-state index < -0.39 is 0 Å². The van der Waals surface area contributed by atoms with Gasteiger partial charge in [0.25, 0.3) is 5.91 Å². The Balaban J connectivity index is 1.67. The van der Waals surface area contributed by atoms with Gasteiger partial charge in [0, 0.05) is 12.1 Å². The van der Waals surface area contributed by atoms with Crippen molar-refractivity contribution in [2.75, 3.05) is 19.6 Å². The molecule has 1 aromatic heterocycles. The first-order valence-electron chi connectivity index (χ1n) is 7.86. The monoisotopic (exact) mass is 333 g/mol. The van der Waals surface area contributed by atoms with E-state index in [9.17, 15) is 9.18 Å². The van der Waals surface area contributed by atoms with Crippen LogP contribution in [0.15, 0.2) is 24.3 Å². The van der Waals surface area contributed by atoms with Gasteiger partial charge in [0.15, 0.2) is 0 Å². The van der Waals surface area contributed by atoms with Crippen LogP contribution in [0.2, 0.25) is 0 Å². The lowest BCUT2D eigenvalue weighted by molar-refractivity contribution is 0.0948. The van der Waals surface area contributed by atoms with Crippen molar-refractivity contribution in [3.05, 3.63) is 40.7 Å². The first-order chi connectivity index (χ1) is 11.1. The number of benzene rings is 1. The number of aryl methyl sites for hydroxylation is 1. The van der Waals surface area contributed by atoms with Gasteiger partial charge in [-0.2, -0.15) is 0 Å². The van der Waals surface area contributed by atoms with Crippen LogP contribution in [0.3, 0.4) is 0 Å². The lowest BCUT2D eigenvalue weighted by Gasteiger charge is -2.22. The van der Waals surface area contributed by atoms with Crippen LogP contribution in [-0.4, -0.2) is 30.5 Å². The first kappa shape index (κ1) is 16.1. The molecule has 0 spiro atoms. The van der Waals surface area contributed by atoms with E-state index in [0.29, 0.717) is 23.0 Å². The van der Waals surface area contributed by atoms with Crippen molar-refractivity contribution < 1.29 is 9.18 Å². The summed E-state index contributed by atoms with van der Waals surface area (Å²) in [6.07, 6.45) is 2.31. The maximum Gasteiger partial charge on any atom is 0.263 e. The van der Waals surface area contributed by atoms with Crippen molar-refractivity contribution in [3.63, 3.8) is 0 Å². The minimum Gasteiger partial charge on any atom is -0.351 e. The van der Waals surface area contributed by atoms with Gasteiger partial charge in [-0.25, -0.2) is 9.37 Å². The molecule has 1 atom stereocenters. The van der Waals surface area contributed by atoms with Crippen molar-refractivity contribution >= 4 is 17.2 Å². The van der Waals surface area contributed by atoms with Crippen LogP contribution in [0, 0.1) is 18.7 Å². The molecule has 3 rings (SSSR count). The molecule has 1 unspecified atom stereocenters. The van der Waals surface area contributed by atoms with Crippen molar-refractivity contribution in [3.8, 4) is 10.6 Å². The van der Waals surface area contributed by atoms with Gasteiger partial charge in [-0.05, 0) is 63.0 Å². The summed E-state index contributed by atoms with van der Waals surface area (Å²) in [6, 6.07) is 6.18. The van der Waals surface area contributed by atoms with Crippen LogP contribution in [0.5, 0.6) is 0 Å². The van der Waals surface area contributed by atoms with Gasteiger partial charge in [0.1, 0.15) is 15.7 Å². The predicted molar refractivity (Wildman–Crippen MR) is 90.2 cm³/mol. The van der Waals surface area contributed by atoms with E-state index in [-0.39, 0.29) is 11.7 Å². The van der Waals surface area contributed by atoms with Gasteiger partial charge in [-0.15, -0.1) is 11.3 Å². The molecule has 1 saturated heterocycles. The molecule has 2 N–H and O–H groups in total. The quantitative estimate of drug-likeness (QED) is 0.904. The zero-order valence-corrected chi connectivity index (χ0v) is 13.9. The number of rotatable bonds is 4. The van der Waals surface area contributed by atoms with Crippen molar-refractivity contribution in [2.45, 2.75) is 19.8 Å². The number of hydrogen-bond acceptors (Lipinski definition) is 4. The molecule has 1 fully saturated rings. The second-order valence-corrected chi connectivity index (χ2v) is 6.86. The number of amides is 1. The van der Waals surface area contributed by atoms with E-state index in [4.69, 9.17) is 0 Å². The zero-order chi connectivity index (χ0) is 16.2. The SMILES string of the molecule is Cc1nc(-c2ccc(F)cc2)sc1C(=O)NCC1CCCNC1. The van der Waals surface area contributed by atoms with Crippen molar-refractivity contribution in [1.82, 2.24) is 15.6 Å². The van der Waals surface area contributed by atoms with Gasteiger partial charge in [-0.1, -0.05) is 0 Å². The highest BCUT2D eigenvalue weighted by atomic mass is 32.1. The summed E-state index contributed by atoms with van der Waals surface area (Å²) in [4.78, 5) is 17.5. The van der Waals surface area contributed by atoms with E-state index in [2.05, 4.69) is 15.6 Å². The Morgan fingerprint density at radius 2 is 2.22 bits per heavy atom. The minimum atomic E-state index is -0.277. The summed E-state index contributed by atoms with van der Waals surface area (Å²) >= 11 is 1.35. The number of nitrogens with one attached hydrogen (secondary N) is 2. The molecule has 1 aliphatic rings. The normalized spacial score (nSPS) is 17.9. The van der Waals surface area contributed by atoms with E-state index in [1.165, 1.54) is 23.5 Å². The first-order valence-corrected chi connectivity index (χ1v) is 8.67. The Morgan fingerprint density at radius 3 is 2.91 bits per heavy atom. The third-order valence-electron chi connectivity index (χ3n) is 4.04.